The summed E-state index contributed by atoms with van der Waals surface area (Å²) in [5, 5.41) is 0.199. The van der Waals surface area contributed by atoms with E-state index >= 15 is 0 Å². The second kappa shape index (κ2) is 6.37. The summed E-state index contributed by atoms with van der Waals surface area (Å²) in [5.41, 5.74) is 4.77. The van der Waals surface area contributed by atoms with Crippen molar-refractivity contribution in [2.24, 2.45) is 5.73 Å². The Bertz CT molecular complexity index is 495. The molecule has 0 saturated carbocycles. The first-order valence-electron chi connectivity index (χ1n) is 5.88. The highest BCUT2D eigenvalue weighted by molar-refractivity contribution is 6.32. The zero-order valence-electron chi connectivity index (χ0n) is 11.3. The third kappa shape index (κ3) is 3.58. The van der Waals surface area contributed by atoms with Crippen LogP contribution in [0.2, 0.25) is 5.02 Å². The SMILES string of the molecule is COC(=O)C(N)C(F)(F)c1ccc(Cl)c(OC(C)C)c1. The molecule has 4 nitrogen and oxygen atoms in total. The molecule has 0 saturated heterocycles. The number of methoxy groups -OCH3 is 1. The van der Waals surface area contributed by atoms with Crippen LogP contribution in [0.1, 0.15) is 19.4 Å². The molecule has 1 aromatic carbocycles. The minimum Gasteiger partial charge on any atom is -0.489 e. The molecule has 0 aliphatic heterocycles. The Morgan fingerprint density at radius 3 is 2.50 bits per heavy atom. The molecule has 2 N–H and O–H groups in total. The van der Waals surface area contributed by atoms with Crippen molar-refractivity contribution in [3.63, 3.8) is 0 Å². The molecule has 1 aromatic rings. The van der Waals surface area contributed by atoms with Crippen molar-refractivity contribution < 1.29 is 23.0 Å². The number of carbonyl (C=O) groups excluding carboxylic acids is 1. The Kier molecular flexibility index (Phi) is 5.30. The number of rotatable bonds is 5. The van der Waals surface area contributed by atoms with E-state index in [1.165, 1.54) is 6.07 Å². The second-order valence-corrected chi connectivity index (χ2v) is 4.84. The van der Waals surface area contributed by atoms with E-state index in [2.05, 4.69) is 4.74 Å². The van der Waals surface area contributed by atoms with Gasteiger partial charge in [0.2, 0.25) is 0 Å². The highest BCUT2D eigenvalue weighted by atomic mass is 35.5. The minimum atomic E-state index is -3.59. The van der Waals surface area contributed by atoms with Crippen molar-refractivity contribution in [2.75, 3.05) is 7.11 Å². The predicted molar refractivity (Wildman–Crippen MR) is 71.1 cm³/mol. The third-order valence-electron chi connectivity index (χ3n) is 2.52. The molecule has 0 aliphatic carbocycles. The Balaban J connectivity index is 3.15. The molecule has 0 radical (unpaired) electrons. The standard InChI is InChI=1S/C13H16ClF2NO3/c1-7(2)20-10-6-8(4-5-9(10)14)13(15,16)11(17)12(18)19-3/h4-7,11H,17H2,1-3H3. The van der Waals surface area contributed by atoms with Crippen LogP contribution in [-0.2, 0) is 15.5 Å². The summed E-state index contributed by atoms with van der Waals surface area (Å²) in [5.74, 6) is -4.68. The van der Waals surface area contributed by atoms with E-state index in [-0.39, 0.29) is 16.9 Å². The highest BCUT2D eigenvalue weighted by Gasteiger charge is 2.44. The quantitative estimate of drug-likeness (QED) is 0.850. The molecular formula is C13H16ClF2NO3. The first-order chi connectivity index (χ1) is 9.20. The van der Waals surface area contributed by atoms with Gasteiger partial charge in [-0.1, -0.05) is 17.7 Å². The normalized spacial score (nSPS) is 13.2. The number of benzene rings is 1. The number of hydrogen-bond donors (Lipinski definition) is 1. The Labute approximate surface area is 120 Å². The van der Waals surface area contributed by atoms with Crippen LogP contribution in [0.3, 0.4) is 0 Å². The number of carbonyl (C=O) groups is 1. The van der Waals surface area contributed by atoms with Crippen molar-refractivity contribution in [1.82, 2.24) is 0 Å². The molecule has 112 valence electrons. The summed E-state index contributed by atoms with van der Waals surface area (Å²) < 4.78 is 37.8. The highest BCUT2D eigenvalue weighted by Crippen LogP contribution is 2.36. The summed E-state index contributed by atoms with van der Waals surface area (Å²) in [7, 11) is 0.993. The monoisotopic (exact) mass is 307 g/mol. The molecule has 0 aliphatic rings. The average Bonchev–Trinajstić information content (AvgIpc) is 2.38. The van der Waals surface area contributed by atoms with E-state index in [1.807, 2.05) is 0 Å². The zero-order chi connectivity index (χ0) is 15.5. The van der Waals surface area contributed by atoms with Crippen molar-refractivity contribution >= 4 is 17.6 Å². The van der Waals surface area contributed by atoms with Gasteiger partial charge in [-0.2, -0.15) is 8.78 Å². The van der Waals surface area contributed by atoms with Crippen LogP contribution in [0.15, 0.2) is 18.2 Å². The molecule has 0 fully saturated rings. The van der Waals surface area contributed by atoms with E-state index in [1.54, 1.807) is 13.8 Å². The number of esters is 1. The van der Waals surface area contributed by atoms with E-state index in [9.17, 15) is 13.6 Å². The Morgan fingerprint density at radius 2 is 2.00 bits per heavy atom. The minimum absolute atomic E-state index is 0.107. The van der Waals surface area contributed by atoms with Gasteiger partial charge in [0.15, 0.2) is 6.04 Å². The van der Waals surface area contributed by atoms with Gasteiger partial charge in [-0.05, 0) is 26.0 Å². The van der Waals surface area contributed by atoms with Crippen LogP contribution in [0.25, 0.3) is 0 Å². The van der Waals surface area contributed by atoms with Crippen LogP contribution >= 0.6 is 11.6 Å². The van der Waals surface area contributed by atoms with Crippen LogP contribution < -0.4 is 10.5 Å². The first kappa shape index (κ1) is 16.7. The van der Waals surface area contributed by atoms with Crippen LogP contribution in [0.4, 0.5) is 8.78 Å². The molecular weight excluding hydrogens is 292 g/mol. The van der Waals surface area contributed by atoms with E-state index in [0.717, 1.165) is 19.2 Å². The lowest BCUT2D eigenvalue weighted by Crippen LogP contribution is -2.45. The smallest absolute Gasteiger partial charge is 0.329 e. The molecule has 0 aromatic heterocycles. The van der Waals surface area contributed by atoms with Crippen molar-refractivity contribution in [3.8, 4) is 5.75 Å². The van der Waals surface area contributed by atoms with E-state index in [0.29, 0.717) is 0 Å². The number of ether oxygens (including phenoxy) is 2. The van der Waals surface area contributed by atoms with Gasteiger partial charge in [0.05, 0.1) is 18.2 Å². The number of hydrogen-bond acceptors (Lipinski definition) is 4. The van der Waals surface area contributed by atoms with Gasteiger partial charge in [0, 0.05) is 5.56 Å². The molecule has 0 heterocycles. The van der Waals surface area contributed by atoms with E-state index in [4.69, 9.17) is 22.1 Å². The third-order valence-corrected chi connectivity index (χ3v) is 2.84. The van der Waals surface area contributed by atoms with Crippen LogP contribution in [0.5, 0.6) is 5.75 Å². The molecule has 0 amide bonds. The van der Waals surface area contributed by atoms with Gasteiger partial charge in [-0.3, -0.25) is 4.79 Å². The van der Waals surface area contributed by atoms with Crippen molar-refractivity contribution in [3.05, 3.63) is 28.8 Å². The maximum absolute atomic E-state index is 14.1. The zero-order valence-corrected chi connectivity index (χ0v) is 12.1. The van der Waals surface area contributed by atoms with E-state index < -0.39 is 23.5 Å². The molecule has 1 atom stereocenters. The summed E-state index contributed by atoms with van der Waals surface area (Å²) in [4.78, 5) is 11.2. The maximum Gasteiger partial charge on any atom is 0.329 e. The summed E-state index contributed by atoms with van der Waals surface area (Å²) >= 11 is 5.87. The fourth-order valence-corrected chi connectivity index (χ4v) is 1.67. The lowest BCUT2D eigenvalue weighted by Gasteiger charge is -2.23. The fourth-order valence-electron chi connectivity index (χ4n) is 1.51. The maximum atomic E-state index is 14.1. The number of alkyl halides is 2. The van der Waals surface area contributed by atoms with Crippen molar-refractivity contribution in [1.29, 1.82) is 0 Å². The molecule has 1 rings (SSSR count). The van der Waals surface area contributed by atoms with Gasteiger partial charge in [0.1, 0.15) is 5.75 Å². The number of halogens is 3. The lowest BCUT2D eigenvalue weighted by molar-refractivity contribution is -0.153. The molecule has 20 heavy (non-hydrogen) atoms. The van der Waals surface area contributed by atoms with Crippen LogP contribution in [0, 0.1) is 0 Å². The topological polar surface area (TPSA) is 61.5 Å². The van der Waals surface area contributed by atoms with Gasteiger partial charge < -0.3 is 15.2 Å². The summed E-state index contributed by atoms with van der Waals surface area (Å²) in [6, 6.07) is 1.34. The van der Waals surface area contributed by atoms with Gasteiger partial charge in [0.25, 0.3) is 5.92 Å². The van der Waals surface area contributed by atoms with Gasteiger partial charge in [-0.25, -0.2) is 0 Å². The number of nitrogens with two attached hydrogens (primary N) is 1. The largest absolute Gasteiger partial charge is 0.489 e. The predicted octanol–water partition coefficient (Wildman–Crippen LogP) is 2.72. The molecule has 0 spiro atoms. The van der Waals surface area contributed by atoms with Crippen LogP contribution in [-0.4, -0.2) is 25.2 Å². The molecule has 7 heteroatoms. The molecule has 0 bridgehead atoms. The lowest BCUT2D eigenvalue weighted by atomic mass is 10.0. The average molecular weight is 308 g/mol. The summed E-state index contributed by atoms with van der Waals surface area (Å²) in [6.45, 7) is 3.47. The molecule has 1 unspecified atom stereocenters. The Hall–Kier alpha value is -1.40. The fraction of sp³-hybridized carbons (Fsp3) is 0.462. The van der Waals surface area contributed by atoms with Gasteiger partial charge >= 0.3 is 5.97 Å². The summed E-state index contributed by atoms with van der Waals surface area (Å²) in [6.07, 6.45) is -0.231. The second-order valence-electron chi connectivity index (χ2n) is 4.44. The van der Waals surface area contributed by atoms with Gasteiger partial charge in [-0.15, -0.1) is 0 Å². The first-order valence-corrected chi connectivity index (χ1v) is 6.25. The Morgan fingerprint density at radius 1 is 1.40 bits per heavy atom. The van der Waals surface area contributed by atoms with Crippen molar-refractivity contribution in [2.45, 2.75) is 31.9 Å².